The van der Waals surface area contributed by atoms with Crippen LogP contribution in [0.15, 0.2) is 23.0 Å². The maximum atomic E-state index is 12.3. The number of carbonyl (C=O) groups is 1. The number of aromatic nitrogens is 3. The van der Waals surface area contributed by atoms with E-state index in [0.717, 1.165) is 0 Å². The molecule has 0 fully saturated rings. The highest BCUT2D eigenvalue weighted by molar-refractivity contribution is 5.76. The lowest BCUT2D eigenvalue weighted by atomic mass is 10.2. The van der Waals surface area contributed by atoms with Crippen LogP contribution in [0, 0.1) is 0 Å². The van der Waals surface area contributed by atoms with Crippen LogP contribution < -0.4 is 20.3 Å². The number of ether oxygens (including phenoxy) is 3. The molecule has 1 aromatic carbocycles. The van der Waals surface area contributed by atoms with Crippen molar-refractivity contribution in [2.24, 2.45) is 0 Å². The van der Waals surface area contributed by atoms with Crippen molar-refractivity contribution >= 4 is 5.91 Å². The zero-order valence-corrected chi connectivity index (χ0v) is 16.6. The van der Waals surface area contributed by atoms with E-state index in [1.807, 2.05) is 13.8 Å². The molecule has 0 aliphatic heterocycles. The Bertz CT molecular complexity index is 850. The number of aryl methyl sites for hydroxylation is 1. The van der Waals surface area contributed by atoms with Crippen molar-refractivity contribution in [3.05, 3.63) is 34.2 Å². The topological polar surface area (TPSA) is 115 Å². The summed E-state index contributed by atoms with van der Waals surface area (Å²) in [5.41, 5.74) is 0.468. The number of amides is 1. The van der Waals surface area contributed by atoms with Gasteiger partial charge < -0.3 is 24.5 Å². The van der Waals surface area contributed by atoms with Gasteiger partial charge in [0.1, 0.15) is 5.69 Å². The summed E-state index contributed by atoms with van der Waals surface area (Å²) in [5.74, 6) is 1.28. The first-order valence-electron chi connectivity index (χ1n) is 9.01. The predicted molar refractivity (Wildman–Crippen MR) is 104 cm³/mol. The van der Waals surface area contributed by atoms with Crippen molar-refractivity contribution in [1.29, 1.82) is 0 Å². The molecule has 9 nitrogen and oxygen atoms in total. The minimum atomic E-state index is -0.379. The lowest BCUT2D eigenvalue weighted by Crippen LogP contribution is -2.28. The van der Waals surface area contributed by atoms with Crippen LogP contribution in [0.5, 0.6) is 11.5 Å². The second-order valence-corrected chi connectivity index (χ2v) is 6.32. The molecule has 0 saturated carbocycles. The summed E-state index contributed by atoms with van der Waals surface area (Å²) in [6.07, 6.45) is 0.354. The molecule has 2 N–H and O–H groups in total. The van der Waals surface area contributed by atoms with E-state index in [1.54, 1.807) is 32.4 Å². The summed E-state index contributed by atoms with van der Waals surface area (Å²) in [7, 11) is 3.10. The van der Waals surface area contributed by atoms with Crippen LogP contribution in [0.1, 0.15) is 26.0 Å². The van der Waals surface area contributed by atoms with E-state index < -0.39 is 0 Å². The molecule has 0 radical (unpaired) electrons. The normalized spacial score (nSPS) is 10.8. The SMILES string of the molecule is COCCNC(=O)CCc1nnc(-c2ccc(OC(C)C)c(OC)c2)[nH]c1=O. The fourth-order valence-electron chi connectivity index (χ4n) is 2.43. The monoisotopic (exact) mass is 390 g/mol. The molecule has 9 heteroatoms. The maximum Gasteiger partial charge on any atom is 0.273 e. The molecule has 0 bridgehead atoms. The number of carbonyl (C=O) groups excluding carboxylic acids is 1. The van der Waals surface area contributed by atoms with Crippen molar-refractivity contribution in [3.8, 4) is 22.9 Å². The van der Waals surface area contributed by atoms with Gasteiger partial charge in [-0.2, -0.15) is 0 Å². The molecule has 0 aliphatic carbocycles. The average molecular weight is 390 g/mol. The molecule has 1 heterocycles. The first kappa shape index (κ1) is 21.4. The highest BCUT2D eigenvalue weighted by atomic mass is 16.5. The van der Waals surface area contributed by atoms with Crippen LogP contribution in [0.3, 0.4) is 0 Å². The number of aromatic amines is 1. The summed E-state index contributed by atoms with van der Waals surface area (Å²) in [6.45, 7) is 4.71. The first-order chi connectivity index (χ1) is 13.4. The van der Waals surface area contributed by atoms with Crippen molar-refractivity contribution < 1.29 is 19.0 Å². The zero-order valence-electron chi connectivity index (χ0n) is 16.6. The molecule has 1 aromatic heterocycles. The number of H-pyrrole nitrogens is 1. The van der Waals surface area contributed by atoms with E-state index in [2.05, 4.69) is 20.5 Å². The number of hydrogen-bond acceptors (Lipinski definition) is 7. The van der Waals surface area contributed by atoms with E-state index in [0.29, 0.717) is 36.0 Å². The van der Waals surface area contributed by atoms with Gasteiger partial charge >= 0.3 is 0 Å². The number of nitrogens with zero attached hydrogens (tertiary/aromatic N) is 2. The fraction of sp³-hybridized carbons (Fsp3) is 0.474. The number of nitrogens with one attached hydrogen (secondary N) is 2. The highest BCUT2D eigenvalue weighted by Gasteiger charge is 2.12. The molecular formula is C19H26N4O5. The van der Waals surface area contributed by atoms with Crippen LogP contribution in [0.2, 0.25) is 0 Å². The Kier molecular flexibility index (Phi) is 7.94. The van der Waals surface area contributed by atoms with Crippen LogP contribution >= 0.6 is 0 Å². The van der Waals surface area contributed by atoms with Gasteiger partial charge in [0.15, 0.2) is 17.3 Å². The van der Waals surface area contributed by atoms with Gasteiger partial charge in [-0.1, -0.05) is 0 Å². The Hall–Kier alpha value is -2.94. The van der Waals surface area contributed by atoms with Crippen molar-refractivity contribution in [2.45, 2.75) is 32.8 Å². The van der Waals surface area contributed by atoms with Gasteiger partial charge in [0.25, 0.3) is 5.56 Å². The average Bonchev–Trinajstić information content (AvgIpc) is 2.67. The highest BCUT2D eigenvalue weighted by Crippen LogP contribution is 2.31. The number of benzene rings is 1. The summed E-state index contributed by atoms with van der Waals surface area (Å²) in [5, 5.41) is 10.7. The van der Waals surface area contributed by atoms with Gasteiger partial charge in [-0.3, -0.25) is 9.59 Å². The van der Waals surface area contributed by atoms with Crippen molar-refractivity contribution in [2.75, 3.05) is 27.4 Å². The molecule has 0 atom stereocenters. The third-order valence-corrected chi connectivity index (χ3v) is 3.78. The Labute approximate surface area is 163 Å². The molecule has 28 heavy (non-hydrogen) atoms. The molecule has 0 unspecified atom stereocenters. The second-order valence-electron chi connectivity index (χ2n) is 6.32. The van der Waals surface area contributed by atoms with E-state index >= 15 is 0 Å². The Morgan fingerprint density at radius 1 is 1.21 bits per heavy atom. The Morgan fingerprint density at radius 3 is 2.64 bits per heavy atom. The minimum Gasteiger partial charge on any atom is -0.493 e. The quantitative estimate of drug-likeness (QED) is 0.588. The zero-order chi connectivity index (χ0) is 20.5. The minimum absolute atomic E-state index is 0.00494. The maximum absolute atomic E-state index is 12.3. The first-order valence-corrected chi connectivity index (χ1v) is 9.01. The molecule has 0 saturated heterocycles. The third-order valence-electron chi connectivity index (χ3n) is 3.78. The number of methoxy groups -OCH3 is 2. The van der Waals surface area contributed by atoms with Gasteiger partial charge in [0.2, 0.25) is 5.91 Å². The van der Waals surface area contributed by atoms with Gasteiger partial charge in [-0.05, 0) is 32.0 Å². The molecule has 2 rings (SSSR count). The van der Waals surface area contributed by atoms with E-state index in [-0.39, 0.29) is 36.1 Å². The number of rotatable bonds is 10. The Morgan fingerprint density at radius 2 is 2.00 bits per heavy atom. The second kappa shape index (κ2) is 10.4. The standard InChI is InChI=1S/C19H26N4O5/c1-12(2)28-15-7-5-13(11-16(15)27-4)18-21-19(25)14(22-23-18)6-8-17(24)20-9-10-26-3/h5,7,11-12H,6,8-10H2,1-4H3,(H,20,24)(H,21,23,25). The van der Waals surface area contributed by atoms with Crippen LogP contribution in [-0.2, 0) is 16.0 Å². The van der Waals surface area contributed by atoms with Crippen molar-refractivity contribution in [3.63, 3.8) is 0 Å². The third kappa shape index (κ3) is 6.05. The summed E-state index contributed by atoms with van der Waals surface area (Å²) in [4.78, 5) is 26.7. The van der Waals surface area contributed by atoms with E-state index in [9.17, 15) is 9.59 Å². The summed E-state index contributed by atoms with van der Waals surface area (Å²) >= 11 is 0. The summed E-state index contributed by atoms with van der Waals surface area (Å²) in [6, 6.07) is 5.25. The van der Waals surface area contributed by atoms with E-state index in [1.165, 1.54) is 0 Å². The molecular weight excluding hydrogens is 364 g/mol. The molecule has 1 amide bonds. The van der Waals surface area contributed by atoms with E-state index in [4.69, 9.17) is 14.2 Å². The fourth-order valence-corrected chi connectivity index (χ4v) is 2.43. The van der Waals surface area contributed by atoms with Crippen molar-refractivity contribution in [1.82, 2.24) is 20.5 Å². The van der Waals surface area contributed by atoms with Crippen LogP contribution in [0.4, 0.5) is 0 Å². The number of hydrogen-bond donors (Lipinski definition) is 2. The molecule has 0 spiro atoms. The van der Waals surface area contributed by atoms with Gasteiger partial charge in [0.05, 0.1) is 19.8 Å². The van der Waals surface area contributed by atoms with Gasteiger partial charge in [-0.25, -0.2) is 0 Å². The van der Waals surface area contributed by atoms with Gasteiger partial charge in [0, 0.05) is 32.1 Å². The predicted octanol–water partition coefficient (Wildman–Crippen LogP) is 1.32. The Balaban J connectivity index is 2.09. The summed E-state index contributed by atoms with van der Waals surface area (Å²) < 4.78 is 15.9. The molecule has 152 valence electrons. The largest absolute Gasteiger partial charge is 0.493 e. The van der Waals surface area contributed by atoms with Crippen LogP contribution in [0.25, 0.3) is 11.4 Å². The smallest absolute Gasteiger partial charge is 0.273 e. The van der Waals surface area contributed by atoms with Gasteiger partial charge in [-0.15, -0.1) is 10.2 Å². The lowest BCUT2D eigenvalue weighted by molar-refractivity contribution is -0.121. The molecule has 2 aromatic rings. The molecule has 0 aliphatic rings. The lowest BCUT2D eigenvalue weighted by Gasteiger charge is -2.14. The van der Waals surface area contributed by atoms with Crippen LogP contribution in [-0.4, -0.2) is 54.6 Å².